The molecule has 0 saturated carbocycles. The monoisotopic (exact) mass is 292 g/mol. The lowest BCUT2D eigenvalue weighted by Crippen LogP contribution is -2.20. The van der Waals surface area contributed by atoms with Gasteiger partial charge in [0.2, 0.25) is 0 Å². The van der Waals surface area contributed by atoms with E-state index in [2.05, 4.69) is 49.1 Å². The fourth-order valence-corrected chi connectivity index (χ4v) is 2.98. The summed E-state index contributed by atoms with van der Waals surface area (Å²) in [5.41, 5.74) is 1.46. The summed E-state index contributed by atoms with van der Waals surface area (Å²) in [6, 6.07) is 2.83. The Balaban J connectivity index is 2.24. The van der Waals surface area contributed by atoms with Crippen molar-refractivity contribution < 1.29 is 0 Å². The average Bonchev–Trinajstić information content (AvgIpc) is 2.95. The molecule has 1 unspecified atom stereocenters. The van der Waals surface area contributed by atoms with Gasteiger partial charge in [-0.3, -0.25) is 0 Å². The number of hydrogen-bond donors (Lipinski definition) is 1. The van der Waals surface area contributed by atoms with Gasteiger partial charge in [0.25, 0.3) is 0 Å². The Morgan fingerprint density at radius 1 is 0.952 bits per heavy atom. The molecule has 0 aliphatic heterocycles. The van der Waals surface area contributed by atoms with E-state index in [4.69, 9.17) is 0 Å². The van der Waals surface area contributed by atoms with Gasteiger partial charge in [-0.05, 0) is 31.0 Å². The second-order valence-electron chi connectivity index (χ2n) is 6.20. The number of unbranched alkanes of at least 4 members (excludes halogenated alkanes) is 6. The Hall–Kier alpha value is -0.760. The molecule has 1 rings (SSSR count). The maximum absolute atomic E-state index is 3.60. The zero-order valence-electron chi connectivity index (χ0n) is 14.5. The fourth-order valence-electron chi connectivity index (χ4n) is 2.98. The van der Waals surface area contributed by atoms with Crippen LogP contribution in [0, 0.1) is 0 Å². The molecule has 0 aliphatic rings. The van der Waals surface area contributed by atoms with Crippen molar-refractivity contribution in [1.29, 1.82) is 0 Å². The van der Waals surface area contributed by atoms with Crippen LogP contribution in [0.2, 0.25) is 0 Å². The highest BCUT2D eigenvalue weighted by Gasteiger charge is 2.10. The van der Waals surface area contributed by atoms with Crippen molar-refractivity contribution in [1.82, 2.24) is 9.88 Å². The molecule has 21 heavy (non-hydrogen) atoms. The predicted molar refractivity (Wildman–Crippen MR) is 93.8 cm³/mol. The highest BCUT2D eigenvalue weighted by atomic mass is 15.0. The number of rotatable bonds is 13. The molecule has 1 aromatic heterocycles. The molecule has 0 bridgehead atoms. The molecule has 0 spiro atoms. The zero-order valence-corrected chi connectivity index (χ0v) is 14.5. The Labute approximate surface area is 132 Å². The van der Waals surface area contributed by atoms with Crippen molar-refractivity contribution in [3.63, 3.8) is 0 Å². The largest absolute Gasteiger partial charge is 0.354 e. The zero-order chi connectivity index (χ0) is 15.3. The van der Waals surface area contributed by atoms with Gasteiger partial charge in [-0.15, -0.1) is 0 Å². The summed E-state index contributed by atoms with van der Waals surface area (Å²) in [6.07, 6.45) is 16.8. The van der Waals surface area contributed by atoms with Crippen LogP contribution < -0.4 is 5.32 Å². The third-order valence-corrected chi connectivity index (χ3v) is 4.22. The molecule has 0 aromatic carbocycles. The molecule has 0 fully saturated rings. The molecule has 1 N–H and O–H groups in total. The summed E-state index contributed by atoms with van der Waals surface area (Å²) in [5, 5.41) is 3.60. The second-order valence-corrected chi connectivity index (χ2v) is 6.20. The molecular weight excluding hydrogens is 256 g/mol. The first-order chi connectivity index (χ1) is 10.3. The van der Waals surface area contributed by atoms with Crippen LogP contribution in [0.4, 0.5) is 0 Å². The normalized spacial score (nSPS) is 12.7. The van der Waals surface area contributed by atoms with Crippen LogP contribution in [0.1, 0.15) is 90.2 Å². The number of nitrogens with one attached hydrogen (secondary N) is 1. The van der Waals surface area contributed by atoms with Crippen LogP contribution in [0.25, 0.3) is 0 Å². The van der Waals surface area contributed by atoms with Crippen molar-refractivity contribution in [3.8, 4) is 0 Å². The van der Waals surface area contributed by atoms with Crippen LogP contribution in [0.15, 0.2) is 18.5 Å². The Morgan fingerprint density at radius 2 is 1.67 bits per heavy atom. The third-order valence-electron chi connectivity index (χ3n) is 4.22. The summed E-state index contributed by atoms with van der Waals surface area (Å²) < 4.78 is 2.38. The first kappa shape index (κ1) is 18.3. The first-order valence-electron chi connectivity index (χ1n) is 9.20. The molecular formula is C19H36N2. The van der Waals surface area contributed by atoms with E-state index < -0.39 is 0 Å². The van der Waals surface area contributed by atoms with Crippen LogP contribution in [0.3, 0.4) is 0 Å². The Morgan fingerprint density at radius 3 is 2.33 bits per heavy atom. The number of aromatic nitrogens is 1. The van der Waals surface area contributed by atoms with Gasteiger partial charge in [-0.2, -0.15) is 0 Å². The molecule has 0 amide bonds. The summed E-state index contributed by atoms with van der Waals surface area (Å²) in [6.45, 7) is 8.97. The van der Waals surface area contributed by atoms with Gasteiger partial charge < -0.3 is 9.88 Å². The highest BCUT2D eigenvalue weighted by molar-refractivity contribution is 5.15. The molecule has 0 saturated heterocycles. The smallest absolute Gasteiger partial charge is 0.0335 e. The molecule has 1 heterocycles. The van der Waals surface area contributed by atoms with Crippen molar-refractivity contribution in [2.45, 2.75) is 91.1 Å². The van der Waals surface area contributed by atoms with Crippen LogP contribution in [0.5, 0.6) is 0 Å². The van der Waals surface area contributed by atoms with Crippen molar-refractivity contribution in [2.75, 3.05) is 6.54 Å². The van der Waals surface area contributed by atoms with Gasteiger partial charge in [0, 0.05) is 25.0 Å². The number of aryl methyl sites for hydroxylation is 1. The molecule has 1 atom stereocenters. The molecule has 2 heteroatoms. The van der Waals surface area contributed by atoms with Gasteiger partial charge >= 0.3 is 0 Å². The van der Waals surface area contributed by atoms with E-state index in [0.717, 1.165) is 6.54 Å². The summed E-state index contributed by atoms with van der Waals surface area (Å²) in [7, 11) is 0. The van der Waals surface area contributed by atoms with Gasteiger partial charge in [-0.1, -0.05) is 65.7 Å². The minimum atomic E-state index is 0.537. The standard InChI is InChI=1S/C19H36N2/c1-4-7-8-9-10-11-12-15-21-16-14-18(17-21)19(13-5-2)20-6-3/h14,16-17,19-20H,4-13,15H2,1-3H3. The maximum atomic E-state index is 3.60. The quantitative estimate of drug-likeness (QED) is 0.462. The van der Waals surface area contributed by atoms with E-state index in [0.29, 0.717) is 6.04 Å². The summed E-state index contributed by atoms with van der Waals surface area (Å²) in [5.74, 6) is 0. The molecule has 2 nitrogen and oxygen atoms in total. The Bertz CT molecular complexity index is 337. The minimum Gasteiger partial charge on any atom is -0.354 e. The summed E-state index contributed by atoms with van der Waals surface area (Å²) >= 11 is 0. The van der Waals surface area contributed by atoms with Gasteiger partial charge in [0.1, 0.15) is 0 Å². The SMILES string of the molecule is CCCCCCCCCn1ccc(C(CCC)NCC)c1. The minimum absolute atomic E-state index is 0.537. The van der Waals surface area contributed by atoms with Gasteiger partial charge in [0.15, 0.2) is 0 Å². The lowest BCUT2D eigenvalue weighted by Gasteiger charge is -2.15. The maximum Gasteiger partial charge on any atom is 0.0335 e. The molecule has 0 radical (unpaired) electrons. The van der Waals surface area contributed by atoms with Crippen LogP contribution in [-0.2, 0) is 6.54 Å². The summed E-state index contributed by atoms with van der Waals surface area (Å²) in [4.78, 5) is 0. The van der Waals surface area contributed by atoms with E-state index in [1.807, 2.05) is 0 Å². The lowest BCUT2D eigenvalue weighted by atomic mass is 10.1. The van der Waals surface area contributed by atoms with Crippen molar-refractivity contribution in [3.05, 3.63) is 24.0 Å². The molecule has 122 valence electrons. The van der Waals surface area contributed by atoms with Gasteiger partial charge in [-0.25, -0.2) is 0 Å². The van der Waals surface area contributed by atoms with Crippen molar-refractivity contribution in [2.24, 2.45) is 0 Å². The van der Waals surface area contributed by atoms with E-state index in [-0.39, 0.29) is 0 Å². The Kier molecular flexibility index (Phi) is 10.3. The predicted octanol–water partition coefficient (Wildman–Crippen LogP) is 5.69. The van der Waals surface area contributed by atoms with Crippen LogP contribution >= 0.6 is 0 Å². The fraction of sp³-hybridized carbons (Fsp3) is 0.789. The highest BCUT2D eigenvalue weighted by Crippen LogP contribution is 2.19. The molecule has 0 aliphatic carbocycles. The van der Waals surface area contributed by atoms with Crippen LogP contribution in [-0.4, -0.2) is 11.1 Å². The van der Waals surface area contributed by atoms with Gasteiger partial charge in [0.05, 0.1) is 0 Å². The average molecular weight is 293 g/mol. The first-order valence-corrected chi connectivity index (χ1v) is 9.20. The van der Waals surface area contributed by atoms with E-state index in [1.54, 1.807) is 0 Å². The van der Waals surface area contributed by atoms with Crippen molar-refractivity contribution >= 4 is 0 Å². The topological polar surface area (TPSA) is 17.0 Å². The lowest BCUT2D eigenvalue weighted by molar-refractivity contribution is 0.506. The second kappa shape index (κ2) is 11.9. The van der Waals surface area contributed by atoms with E-state index in [9.17, 15) is 0 Å². The molecule has 1 aromatic rings. The van der Waals surface area contributed by atoms with E-state index in [1.165, 1.54) is 69.9 Å². The number of nitrogens with zero attached hydrogens (tertiary/aromatic N) is 1. The number of hydrogen-bond acceptors (Lipinski definition) is 1. The third kappa shape index (κ3) is 7.71. The van der Waals surface area contributed by atoms with E-state index >= 15 is 0 Å².